The Balaban J connectivity index is 1.28. The summed E-state index contributed by atoms with van der Waals surface area (Å²) in [6.45, 7) is 3.86. The normalized spacial score (nSPS) is 13.8. The molecule has 1 atom stereocenters. The molecule has 1 aromatic carbocycles. The van der Waals surface area contributed by atoms with Gasteiger partial charge in [-0.05, 0) is 42.5 Å². The average Bonchev–Trinajstić information content (AvgIpc) is 3.42. The van der Waals surface area contributed by atoms with Crippen LogP contribution >= 0.6 is 23.1 Å². The summed E-state index contributed by atoms with van der Waals surface area (Å²) in [5, 5.41) is 14.0. The summed E-state index contributed by atoms with van der Waals surface area (Å²) in [5.74, 6) is 1.70. The van der Waals surface area contributed by atoms with Crippen LogP contribution in [0.2, 0.25) is 0 Å². The Labute approximate surface area is 177 Å². The first-order valence-electron chi connectivity index (χ1n) is 9.41. The van der Waals surface area contributed by atoms with Gasteiger partial charge >= 0.3 is 0 Å². The summed E-state index contributed by atoms with van der Waals surface area (Å²) in [5.41, 5.74) is 0.978. The van der Waals surface area contributed by atoms with Crippen molar-refractivity contribution in [3.8, 4) is 11.5 Å². The summed E-state index contributed by atoms with van der Waals surface area (Å²) in [6.07, 6.45) is 2.64. The van der Waals surface area contributed by atoms with Crippen LogP contribution in [0.3, 0.4) is 0 Å². The number of carbonyl (C=O) groups is 1. The van der Waals surface area contributed by atoms with Crippen LogP contribution in [0.15, 0.2) is 47.2 Å². The fourth-order valence-electron chi connectivity index (χ4n) is 3.02. The number of rotatable bonds is 8. The van der Waals surface area contributed by atoms with Gasteiger partial charge in [0.05, 0.1) is 11.8 Å². The van der Waals surface area contributed by atoms with Crippen LogP contribution in [0.1, 0.15) is 23.4 Å². The molecule has 0 unspecified atom stereocenters. The van der Waals surface area contributed by atoms with Crippen molar-refractivity contribution in [2.75, 3.05) is 19.0 Å². The van der Waals surface area contributed by atoms with E-state index in [1.165, 1.54) is 16.6 Å². The average molecular weight is 431 g/mol. The highest BCUT2D eigenvalue weighted by Gasteiger charge is 2.16. The molecule has 1 aliphatic rings. The maximum Gasteiger partial charge on any atom is 0.230 e. The number of aryl methyl sites for hydroxylation is 2. The second kappa shape index (κ2) is 9.32. The molecule has 9 heteroatoms. The minimum absolute atomic E-state index is 0.0507. The van der Waals surface area contributed by atoms with E-state index < -0.39 is 0 Å². The van der Waals surface area contributed by atoms with Gasteiger partial charge in [-0.25, -0.2) is 0 Å². The molecule has 29 heavy (non-hydrogen) atoms. The van der Waals surface area contributed by atoms with Crippen molar-refractivity contribution in [2.24, 2.45) is 0 Å². The van der Waals surface area contributed by atoms with Crippen LogP contribution in [0.5, 0.6) is 11.5 Å². The molecule has 0 fully saturated rings. The number of ether oxygens (including phenoxy) is 2. The summed E-state index contributed by atoms with van der Waals surface area (Å²) in [6, 6.07) is 9.80. The zero-order valence-electron chi connectivity index (χ0n) is 16.0. The third-order valence-electron chi connectivity index (χ3n) is 4.54. The van der Waals surface area contributed by atoms with Crippen LogP contribution in [0.4, 0.5) is 0 Å². The van der Waals surface area contributed by atoms with E-state index in [-0.39, 0.29) is 17.7 Å². The van der Waals surface area contributed by atoms with Crippen molar-refractivity contribution in [2.45, 2.75) is 31.1 Å². The number of amides is 1. The van der Waals surface area contributed by atoms with Crippen LogP contribution in [-0.4, -0.2) is 39.6 Å². The number of nitrogens with zero attached hydrogens (tertiary/aromatic N) is 3. The van der Waals surface area contributed by atoms with E-state index in [1.54, 1.807) is 17.7 Å². The van der Waals surface area contributed by atoms with Gasteiger partial charge in [0.25, 0.3) is 0 Å². The lowest BCUT2D eigenvalue weighted by Gasteiger charge is -2.21. The molecule has 0 radical (unpaired) electrons. The van der Waals surface area contributed by atoms with Gasteiger partial charge in [-0.15, -0.1) is 21.5 Å². The number of nitrogens with one attached hydrogen (secondary N) is 1. The zero-order valence-corrected chi connectivity index (χ0v) is 17.7. The van der Waals surface area contributed by atoms with Gasteiger partial charge in [-0.2, -0.15) is 0 Å². The maximum atomic E-state index is 12.4. The summed E-state index contributed by atoms with van der Waals surface area (Å²) in [4.78, 5) is 13.7. The van der Waals surface area contributed by atoms with E-state index in [0.29, 0.717) is 13.2 Å². The second-order valence-electron chi connectivity index (χ2n) is 6.62. The van der Waals surface area contributed by atoms with Gasteiger partial charge < -0.3 is 19.4 Å². The summed E-state index contributed by atoms with van der Waals surface area (Å²) in [7, 11) is 0. The molecule has 0 saturated heterocycles. The third kappa shape index (κ3) is 5.10. The van der Waals surface area contributed by atoms with Gasteiger partial charge in [0.2, 0.25) is 5.91 Å². The Hall–Kier alpha value is -2.52. The molecule has 4 rings (SSSR count). The molecule has 2 aromatic heterocycles. The van der Waals surface area contributed by atoms with Crippen molar-refractivity contribution >= 4 is 29.0 Å². The van der Waals surface area contributed by atoms with Crippen molar-refractivity contribution < 1.29 is 14.3 Å². The predicted octanol–water partition coefficient (Wildman–Crippen LogP) is 3.32. The third-order valence-corrected chi connectivity index (χ3v) is 6.45. The number of thioether (sulfide) groups is 1. The molecule has 152 valence electrons. The van der Waals surface area contributed by atoms with Crippen molar-refractivity contribution in [3.05, 3.63) is 52.5 Å². The van der Waals surface area contributed by atoms with E-state index in [4.69, 9.17) is 9.47 Å². The molecule has 0 spiro atoms. The highest BCUT2D eigenvalue weighted by atomic mass is 32.2. The van der Waals surface area contributed by atoms with Crippen LogP contribution in [-0.2, 0) is 17.8 Å². The number of thiophene rings is 1. The van der Waals surface area contributed by atoms with Gasteiger partial charge in [0.15, 0.2) is 16.7 Å². The topological polar surface area (TPSA) is 78.3 Å². The van der Waals surface area contributed by atoms with E-state index in [1.807, 2.05) is 29.7 Å². The standard InChI is InChI=1S/C20H22N4O3S2/c1-14(15-4-5-17-18(11-15)27-9-8-26-17)22-19(25)12-29-20-23-21-13-24(20)7-6-16-3-2-10-28-16/h2-5,10-11,13-14H,6-9,12H2,1H3,(H,22,25)/t14-/m1/s1. The smallest absolute Gasteiger partial charge is 0.230 e. The molecule has 1 N–H and O–H groups in total. The Morgan fingerprint density at radius 1 is 1.31 bits per heavy atom. The van der Waals surface area contributed by atoms with Crippen molar-refractivity contribution in [1.29, 1.82) is 0 Å². The minimum Gasteiger partial charge on any atom is -0.486 e. The molecule has 3 heterocycles. The van der Waals surface area contributed by atoms with E-state index in [2.05, 4.69) is 33.0 Å². The quantitative estimate of drug-likeness (QED) is 0.553. The molecule has 0 aliphatic carbocycles. The fraction of sp³-hybridized carbons (Fsp3) is 0.350. The zero-order chi connectivity index (χ0) is 20.1. The highest BCUT2D eigenvalue weighted by Crippen LogP contribution is 2.32. The Bertz CT molecular complexity index is 959. The lowest BCUT2D eigenvalue weighted by atomic mass is 10.1. The first kappa shape index (κ1) is 19.8. The van der Waals surface area contributed by atoms with E-state index in [0.717, 1.165) is 35.2 Å². The first-order chi connectivity index (χ1) is 14.2. The number of aromatic nitrogens is 3. The van der Waals surface area contributed by atoms with Gasteiger partial charge in [-0.3, -0.25) is 4.79 Å². The molecule has 1 amide bonds. The van der Waals surface area contributed by atoms with Crippen molar-refractivity contribution in [1.82, 2.24) is 20.1 Å². The molecular weight excluding hydrogens is 408 g/mol. The summed E-state index contributed by atoms with van der Waals surface area (Å²) < 4.78 is 13.2. The Morgan fingerprint density at radius 3 is 3.00 bits per heavy atom. The van der Waals surface area contributed by atoms with Crippen LogP contribution in [0.25, 0.3) is 0 Å². The van der Waals surface area contributed by atoms with E-state index >= 15 is 0 Å². The van der Waals surface area contributed by atoms with Gasteiger partial charge in [-0.1, -0.05) is 23.9 Å². The van der Waals surface area contributed by atoms with Crippen LogP contribution < -0.4 is 14.8 Å². The maximum absolute atomic E-state index is 12.4. The van der Waals surface area contributed by atoms with Gasteiger partial charge in [0, 0.05) is 11.4 Å². The lowest BCUT2D eigenvalue weighted by Crippen LogP contribution is -2.28. The molecule has 3 aromatic rings. The SMILES string of the molecule is C[C@@H](NC(=O)CSc1nncn1CCc1cccs1)c1ccc2c(c1)OCCO2. The van der Waals surface area contributed by atoms with Crippen LogP contribution in [0, 0.1) is 0 Å². The van der Waals surface area contributed by atoms with E-state index in [9.17, 15) is 4.79 Å². The van der Waals surface area contributed by atoms with Crippen molar-refractivity contribution in [3.63, 3.8) is 0 Å². The number of hydrogen-bond acceptors (Lipinski definition) is 7. The lowest BCUT2D eigenvalue weighted by molar-refractivity contribution is -0.119. The molecule has 7 nitrogen and oxygen atoms in total. The monoisotopic (exact) mass is 430 g/mol. The molecular formula is C20H22N4O3S2. The predicted molar refractivity (Wildman–Crippen MR) is 113 cm³/mol. The number of hydrogen-bond donors (Lipinski definition) is 1. The molecule has 0 saturated carbocycles. The molecule has 1 aliphatic heterocycles. The minimum atomic E-state index is -0.129. The number of benzene rings is 1. The number of carbonyl (C=O) groups excluding carboxylic acids is 1. The second-order valence-corrected chi connectivity index (χ2v) is 8.59. The first-order valence-corrected chi connectivity index (χ1v) is 11.3. The molecule has 0 bridgehead atoms. The number of fused-ring (bicyclic) bond motifs is 1. The Kier molecular flexibility index (Phi) is 6.36. The highest BCUT2D eigenvalue weighted by molar-refractivity contribution is 7.99. The summed E-state index contributed by atoms with van der Waals surface area (Å²) >= 11 is 3.14. The largest absolute Gasteiger partial charge is 0.486 e. The Morgan fingerprint density at radius 2 is 2.17 bits per heavy atom. The fourth-order valence-corrected chi connectivity index (χ4v) is 4.47. The van der Waals surface area contributed by atoms with Gasteiger partial charge in [0.1, 0.15) is 19.5 Å².